The summed E-state index contributed by atoms with van der Waals surface area (Å²) < 4.78 is 60.9. The average Bonchev–Trinajstić information content (AvgIpc) is 3.54. The Morgan fingerprint density at radius 2 is 0.582 bits per heavy atom. The van der Waals surface area contributed by atoms with E-state index in [1.807, 2.05) is 0 Å². The Labute approximate surface area is 552 Å². The maximum Gasteiger partial charge on any atom is 0.472 e. The molecule has 5 unspecified atom stereocenters. The Kier molecular flexibility index (Phi) is 63.9. The van der Waals surface area contributed by atoms with Gasteiger partial charge in [-0.25, -0.2) is 9.13 Å². The number of ether oxygens (including phenoxy) is 3. The van der Waals surface area contributed by atoms with Crippen molar-refractivity contribution in [2.75, 3.05) is 39.6 Å². The number of unbranched alkanes of at least 4 members (excludes halogenated alkanes) is 28. The lowest BCUT2D eigenvalue weighted by Crippen LogP contribution is -2.30. The van der Waals surface area contributed by atoms with Crippen LogP contribution in [0.5, 0.6) is 0 Å². The number of phosphoric ester groups is 2. The molecule has 0 amide bonds. The highest BCUT2D eigenvalue weighted by molar-refractivity contribution is 7.47. The summed E-state index contributed by atoms with van der Waals surface area (Å²) in [5, 5.41) is 20.6. The van der Waals surface area contributed by atoms with Crippen molar-refractivity contribution in [3.8, 4) is 0 Å². The first-order valence-corrected chi connectivity index (χ1v) is 38.5. The minimum Gasteiger partial charge on any atom is -0.463 e. The van der Waals surface area contributed by atoms with E-state index in [2.05, 4.69) is 118 Å². The smallest absolute Gasteiger partial charge is 0.463 e. The molecule has 0 aliphatic heterocycles. The molecule has 0 aliphatic carbocycles. The molecule has 0 saturated heterocycles. The van der Waals surface area contributed by atoms with Crippen LogP contribution in [-0.4, -0.2) is 95.9 Å². The lowest BCUT2D eigenvalue weighted by atomic mass is 10.1. The Hall–Kier alpha value is -3.53. The van der Waals surface area contributed by atoms with E-state index in [1.54, 1.807) is 0 Å². The van der Waals surface area contributed by atoms with E-state index in [0.29, 0.717) is 19.3 Å². The number of phosphoric acid groups is 2. The van der Waals surface area contributed by atoms with Gasteiger partial charge in [0.25, 0.3) is 0 Å². The highest BCUT2D eigenvalue weighted by atomic mass is 31.2. The summed E-state index contributed by atoms with van der Waals surface area (Å²) in [5.74, 6) is -1.59. The van der Waals surface area contributed by atoms with Crippen molar-refractivity contribution >= 4 is 33.6 Å². The van der Waals surface area contributed by atoms with E-state index in [9.17, 15) is 43.5 Å². The zero-order valence-corrected chi connectivity index (χ0v) is 58.8. The van der Waals surface area contributed by atoms with Crippen molar-refractivity contribution in [1.29, 1.82) is 0 Å². The fourth-order valence-corrected chi connectivity index (χ4v) is 11.0. The second-order valence-corrected chi connectivity index (χ2v) is 26.6. The van der Waals surface area contributed by atoms with Gasteiger partial charge in [-0.2, -0.15) is 0 Å². The molecular weight excluding hydrogens is 1190 g/mol. The Bertz CT molecular complexity index is 2050. The number of carbonyl (C=O) groups excluding carboxylic acids is 3. The van der Waals surface area contributed by atoms with Gasteiger partial charge in [-0.1, -0.05) is 266 Å². The van der Waals surface area contributed by atoms with Crippen LogP contribution in [0.1, 0.15) is 290 Å². The fraction of sp³-hybridized carbons (Fsp3) is 0.740. The van der Waals surface area contributed by atoms with Gasteiger partial charge in [0.2, 0.25) is 0 Å². The summed E-state index contributed by atoms with van der Waals surface area (Å²) in [7, 11) is -9.77. The van der Waals surface area contributed by atoms with Crippen LogP contribution in [0.25, 0.3) is 0 Å². The predicted octanol–water partition coefficient (Wildman–Crippen LogP) is 19.9. The topological polar surface area (TPSA) is 231 Å². The van der Waals surface area contributed by atoms with Gasteiger partial charge in [0, 0.05) is 19.3 Å². The van der Waals surface area contributed by atoms with Crippen molar-refractivity contribution in [2.24, 2.45) is 0 Å². The molecule has 0 saturated carbocycles. The zero-order chi connectivity index (χ0) is 66.7. The second kappa shape index (κ2) is 66.5. The molecule has 0 aromatic carbocycles. The quantitative estimate of drug-likeness (QED) is 0.0146. The number of allylic oxidation sites excluding steroid dienone is 16. The van der Waals surface area contributed by atoms with Crippen molar-refractivity contribution in [3.63, 3.8) is 0 Å². The van der Waals surface area contributed by atoms with E-state index in [4.69, 9.17) is 32.3 Å². The van der Waals surface area contributed by atoms with Gasteiger partial charge in [-0.3, -0.25) is 32.5 Å². The molecule has 0 fully saturated rings. The first-order valence-electron chi connectivity index (χ1n) is 35.5. The normalized spacial score (nSPS) is 14.8. The Balaban J connectivity index is 4.52. The third-order valence-electron chi connectivity index (χ3n) is 14.8. The SMILES string of the molecule is CC/C=C\C/C=C\C/C=C\C/C=C\C/C=C\CCCCCCCCCCCC(=O)OCC(O)COP(=O)(O)OCC(O)COP(=O)(O)OCC(COC(=O)CCCCCCCC/C=C\C/C=C\C/C=C\CCCCC)OC(=O)CCCCCCCCCCCCC. The zero-order valence-electron chi connectivity index (χ0n) is 57.0. The lowest BCUT2D eigenvalue weighted by Gasteiger charge is -2.21. The summed E-state index contributed by atoms with van der Waals surface area (Å²) >= 11 is 0. The Morgan fingerprint density at radius 1 is 0.319 bits per heavy atom. The van der Waals surface area contributed by atoms with Crippen molar-refractivity contribution < 1.29 is 75.8 Å². The lowest BCUT2D eigenvalue weighted by molar-refractivity contribution is -0.161. The minimum atomic E-state index is -4.92. The number of rotatable bonds is 67. The van der Waals surface area contributed by atoms with E-state index in [1.165, 1.54) is 83.5 Å². The summed E-state index contributed by atoms with van der Waals surface area (Å²) in [6.07, 6.45) is 73.2. The van der Waals surface area contributed by atoms with Crippen molar-refractivity contribution in [1.82, 2.24) is 0 Å². The molecule has 16 nitrogen and oxygen atoms in total. The predicted molar refractivity (Wildman–Crippen MR) is 371 cm³/mol. The molecule has 18 heteroatoms. The number of aliphatic hydroxyl groups excluding tert-OH is 2. The highest BCUT2D eigenvalue weighted by Crippen LogP contribution is 2.45. The Morgan fingerprint density at radius 3 is 0.945 bits per heavy atom. The van der Waals surface area contributed by atoms with Crippen LogP contribution in [0, 0.1) is 0 Å². The molecule has 0 aromatic rings. The van der Waals surface area contributed by atoms with E-state index in [0.717, 1.165) is 148 Å². The number of hydrogen-bond donors (Lipinski definition) is 4. The molecule has 526 valence electrons. The number of carbonyl (C=O) groups is 3. The molecule has 0 bridgehead atoms. The number of aliphatic hydroxyl groups is 2. The van der Waals surface area contributed by atoms with Gasteiger partial charge >= 0.3 is 33.6 Å². The second-order valence-electron chi connectivity index (χ2n) is 23.7. The third kappa shape index (κ3) is 67.7. The number of hydrogen-bond acceptors (Lipinski definition) is 14. The van der Waals surface area contributed by atoms with Crippen molar-refractivity contribution in [3.05, 3.63) is 97.2 Å². The molecule has 4 N–H and O–H groups in total. The first kappa shape index (κ1) is 87.5. The van der Waals surface area contributed by atoms with E-state index >= 15 is 0 Å². The molecule has 0 heterocycles. The molecule has 0 rings (SSSR count). The van der Waals surface area contributed by atoms with E-state index in [-0.39, 0.29) is 19.3 Å². The standard InChI is InChI=1S/C73H128O16P2/c1-4-7-10-13-16-19-22-24-26-28-30-31-32-33-34-35-37-39-40-42-45-47-50-53-56-59-71(76)83-62-68(74)63-85-90(79,80)86-64-69(75)65-87-91(81,82)88-67-70(89-73(78)61-58-55-52-49-44-21-18-15-12-9-6-3)66-84-72(77)60-57-54-51-48-46-43-41-38-36-29-27-25-23-20-17-14-11-8-5-2/h7,10,16-17,19-20,24-27,30-31,33-34,36,38,68-70,74-75H,4-6,8-9,11-15,18,21-23,28-29,32,35,37,39-67H2,1-3H3,(H,79,80)(H,81,82)/b10-7-,19-16-,20-17-,26-24-,27-25-,31-30-,34-33-,38-36-. The maximum atomic E-state index is 12.9. The van der Waals surface area contributed by atoms with Crippen LogP contribution in [0.4, 0.5) is 0 Å². The van der Waals surface area contributed by atoms with Gasteiger partial charge < -0.3 is 34.2 Å². The molecule has 0 radical (unpaired) electrons. The molecule has 91 heavy (non-hydrogen) atoms. The van der Waals surface area contributed by atoms with Crippen LogP contribution >= 0.6 is 15.6 Å². The first-order chi connectivity index (χ1) is 44.2. The summed E-state index contributed by atoms with van der Waals surface area (Å²) in [4.78, 5) is 58.4. The van der Waals surface area contributed by atoms with Crippen molar-refractivity contribution in [2.45, 2.75) is 309 Å². The van der Waals surface area contributed by atoms with Gasteiger partial charge in [-0.05, 0) is 103 Å². The monoisotopic (exact) mass is 1320 g/mol. The summed E-state index contributed by atoms with van der Waals surface area (Å²) in [6, 6.07) is 0. The highest BCUT2D eigenvalue weighted by Gasteiger charge is 2.29. The van der Waals surface area contributed by atoms with Gasteiger partial charge in [-0.15, -0.1) is 0 Å². The molecule has 0 spiro atoms. The minimum absolute atomic E-state index is 0.104. The van der Waals surface area contributed by atoms with Crippen LogP contribution in [0.3, 0.4) is 0 Å². The van der Waals surface area contributed by atoms with Gasteiger partial charge in [0.1, 0.15) is 25.4 Å². The third-order valence-corrected chi connectivity index (χ3v) is 16.7. The van der Waals surface area contributed by atoms with Crippen LogP contribution < -0.4 is 0 Å². The molecule has 0 aliphatic rings. The van der Waals surface area contributed by atoms with E-state index < -0.39 is 91.5 Å². The average molecular weight is 1320 g/mol. The van der Waals surface area contributed by atoms with Crippen LogP contribution in [0.2, 0.25) is 0 Å². The van der Waals surface area contributed by atoms with Gasteiger partial charge in [0.15, 0.2) is 6.10 Å². The van der Waals surface area contributed by atoms with Gasteiger partial charge in [0.05, 0.1) is 26.4 Å². The number of esters is 3. The molecular formula is C73H128O16P2. The largest absolute Gasteiger partial charge is 0.472 e. The fourth-order valence-electron chi connectivity index (χ4n) is 9.37. The molecule has 5 atom stereocenters. The summed E-state index contributed by atoms with van der Waals surface area (Å²) in [6.45, 7) is 2.51. The molecule has 0 aromatic heterocycles. The maximum absolute atomic E-state index is 12.9. The van der Waals surface area contributed by atoms with Crippen LogP contribution in [-0.2, 0) is 55.8 Å². The van der Waals surface area contributed by atoms with Crippen LogP contribution in [0.15, 0.2) is 97.2 Å². The summed E-state index contributed by atoms with van der Waals surface area (Å²) in [5.41, 5.74) is 0.